The summed E-state index contributed by atoms with van der Waals surface area (Å²) in [5.41, 5.74) is 0.688. The van der Waals surface area contributed by atoms with Crippen LogP contribution < -0.4 is 5.32 Å². The molecular weight excluding hydrogens is 458 g/mol. The van der Waals surface area contributed by atoms with Gasteiger partial charge in [-0.1, -0.05) is 0 Å². The lowest BCUT2D eigenvalue weighted by molar-refractivity contribution is -0.172. The van der Waals surface area contributed by atoms with Crippen LogP contribution in [-0.2, 0) is 19.0 Å². The van der Waals surface area contributed by atoms with Crippen LogP contribution in [0.1, 0.15) is 58.9 Å². The van der Waals surface area contributed by atoms with Crippen molar-refractivity contribution in [3.05, 3.63) is 11.6 Å². The quantitative estimate of drug-likeness (QED) is 0.466. The van der Waals surface area contributed by atoms with Crippen LogP contribution in [0.3, 0.4) is 0 Å². The van der Waals surface area contributed by atoms with Crippen molar-refractivity contribution in [3.8, 4) is 0 Å². The fourth-order valence-corrected chi connectivity index (χ4v) is 6.75. The second kappa shape index (κ2) is 7.04. The Morgan fingerprint density at radius 3 is 2.68 bits per heavy atom. The lowest BCUT2D eigenvalue weighted by atomic mass is 9.99. The molecule has 2 aromatic heterocycles. The number of nitrogens with one attached hydrogen (secondary N) is 1. The van der Waals surface area contributed by atoms with E-state index in [9.17, 15) is 4.79 Å². The predicted octanol–water partition coefficient (Wildman–Crippen LogP) is 3.72. The molecule has 9 nitrogen and oxygen atoms in total. The van der Waals surface area contributed by atoms with Gasteiger partial charge in [-0.15, -0.1) is 0 Å². The molecule has 0 bridgehead atoms. The fraction of sp³-hybridized carbons (Fsp3) is 0.750. The Kier molecular flexibility index (Phi) is 4.42. The second-order valence-electron chi connectivity index (χ2n) is 11.1. The normalized spacial score (nSPS) is 35.4. The maximum absolute atomic E-state index is 13.1. The van der Waals surface area contributed by atoms with Crippen molar-refractivity contribution < 1.29 is 19.0 Å². The number of hydrogen-bond donors (Lipinski definition) is 1. The van der Waals surface area contributed by atoms with Crippen molar-refractivity contribution in [1.29, 1.82) is 0 Å². The molecule has 5 atom stereocenters. The van der Waals surface area contributed by atoms with E-state index in [2.05, 4.69) is 15.3 Å². The number of anilines is 1. The van der Waals surface area contributed by atoms with Gasteiger partial charge in [-0.05, 0) is 76.3 Å². The second-order valence-corrected chi connectivity index (χ2v) is 11.4. The molecular formula is C24H30ClN5O4. The van der Waals surface area contributed by atoms with Crippen LogP contribution in [-0.4, -0.2) is 56.1 Å². The molecule has 0 radical (unpaired) electrons. The van der Waals surface area contributed by atoms with Gasteiger partial charge >= 0.3 is 5.97 Å². The molecule has 1 saturated heterocycles. The minimum Gasteiger partial charge on any atom is -0.465 e. The molecule has 2 aromatic rings. The first-order chi connectivity index (χ1) is 16.3. The zero-order valence-electron chi connectivity index (χ0n) is 19.7. The maximum atomic E-state index is 13.1. The van der Waals surface area contributed by atoms with Crippen molar-refractivity contribution in [2.75, 3.05) is 11.9 Å². The first-order valence-electron chi connectivity index (χ1n) is 12.5. The molecule has 5 fully saturated rings. The number of carbonyl (C=O) groups is 1. The van der Waals surface area contributed by atoms with Crippen LogP contribution in [0.4, 0.5) is 5.82 Å². The SMILES string of the molecule is CCOC(=O)[C@@]12C[C@@H]1[C@@H](n1cnc3c(NC(C4CC4)C4CC4)nc(Cl)nc31)[C@@H]1OC(C)(C)O[C@@H]12. The number of nitrogens with zero attached hydrogens (tertiary/aromatic N) is 4. The Morgan fingerprint density at radius 1 is 1.26 bits per heavy atom. The van der Waals surface area contributed by atoms with Crippen LogP contribution >= 0.6 is 11.6 Å². The van der Waals surface area contributed by atoms with Crippen LogP contribution in [0.25, 0.3) is 11.2 Å². The molecule has 0 amide bonds. The van der Waals surface area contributed by atoms with Crippen molar-refractivity contribution in [1.82, 2.24) is 19.5 Å². The van der Waals surface area contributed by atoms with Gasteiger partial charge in [-0.2, -0.15) is 9.97 Å². The van der Waals surface area contributed by atoms with Crippen molar-refractivity contribution >= 4 is 34.6 Å². The average Bonchev–Trinajstić information content (AvgIpc) is 3.68. The largest absolute Gasteiger partial charge is 0.465 e. The Morgan fingerprint density at radius 2 is 2.00 bits per heavy atom. The first kappa shape index (κ1) is 21.3. The van der Waals surface area contributed by atoms with E-state index in [0.29, 0.717) is 47.9 Å². The van der Waals surface area contributed by atoms with Gasteiger partial charge in [-0.3, -0.25) is 4.79 Å². The van der Waals surface area contributed by atoms with E-state index in [1.807, 2.05) is 25.3 Å². The minimum absolute atomic E-state index is 0.0332. The Hall–Kier alpha value is -1.97. The molecule has 5 aliphatic rings. The first-order valence-corrected chi connectivity index (χ1v) is 12.9. The number of imidazole rings is 1. The summed E-state index contributed by atoms with van der Waals surface area (Å²) in [6.07, 6.45) is 6.89. The van der Waals surface area contributed by atoms with Crippen LogP contribution in [0, 0.1) is 23.2 Å². The summed E-state index contributed by atoms with van der Waals surface area (Å²) in [5, 5.41) is 3.86. The Balaban J connectivity index is 1.28. The number of aromatic nitrogens is 4. The van der Waals surface area contributed by atoms with E-state index < -0.39 is 11.2 Å². The molecule has 4 saturated carbocycles. The molecule has 1 aliphatic heterocycles. The third-order valence-corrected chi connectivity index (χ3v) is 8.55. The van der Waals surface area contributed by atoms with E-state index in [4.69, 9.17) is 30.8 Å². The molecule has 10 heteroatoms. The number of fused-ring (bicyclic) bond motifs is 4. The number of halogens is 1. The van der Waals surface area contributed by atoms with Crippen LogP contribution in [0.2, 0.25) is 5.28 Å². The van der Waals surface area contributed by atoms with Crippen molar-refractivity contribution in [3.63, 3.8) is 0 Å². The number of carbonyl (C=O) groups excluding carboxylic acids is 1. The highest BCUT2D eigenvalue weighted by molar-refractivity contribution is 6.28. The van der Waals surface area contributed by atoms with Gasteiger partial charge in [0.15, 0.2) is 22.8 Å². The van der Waals surface area contributed by atoms with E-state index in [1.165, 1.54) is 25.7 Å². The molecule has 182 valence electrons. The van der Waals surface area contributed by atoms with Gasteiger partial charge in [0.25, 0.3) is 0 Å². The zero-order valence-corrected chi connectivity index (χ0v) is 20.4. The number of ether oxygens (including phenoxy) is 3. The maximum Gasteiger partial charge on any atom is 0.315 e. The zero-order chi connectivity index (χ0) is 23.4. The van der Waals surface area contributed by atoms with E-state index >= 15 is 0 Å². The summed E-state index contributed by atoms with van der Waals surface area (Å²) in [6.45, 7) is 5.96. The summed E-state index contributed by atoms with van der Waals surface area (Å²) < 4.78 is 20.1. The third kappa shape index (κ3) is 3.05. The Bertz CT molecular complexity index is 1170. The molecule has 0 aromatic carbocycles. The van der Waals surface area contributed by atoms with E-state index in [-0.39, 0.29) is 35.4 Å². The summed E-state index contributed by atoms with van der Waals surface area (Å²) >= 11 is 6.42. The van der Waals surface area contributed by atoms with E-state index in [0.717, 1.165) is 0 Å². The van der Waals surface area contributed by atoms with Gasteiger partial charge < -0.3 is 24.1 Å². The summed E-state index contributed by atoms with van der Waals surface area (Å²) in [7, 11) is 0. The van der Waals surface area contributed by atoms with Gasteiger partial charge in [0.05, 0.1) is 19.0 Å². The van der Waals surface area contributed by atoms with Gasteiger partial charge in [-0.25, -0.2) is 4.98 Å². The highest BCUT2D eigenvalue weighted by atomic mass is 35.5. The molecule has 1 N–H and O–H groups in total. The average molecular weight is 488 g/mol. The highest BCUT2D eigenvalue weighted by Gasteiger charge is 2.80. The molecule has 4 aliphatic carbocycles. The Labute approximate surface area is 202 Å². The number of hydrogen-bond acceptors (Lipinski definition) is 8. The highest BCUT2D eigenvalue weighted by Crippen LogP contribution is 2.72. The van der Waals surface area contributed by atoms with Crippen molar-refractivity contribution in [2.24, 2.45) is 23.2 Å². The number of esters is 1. The smallest absolute Gasteiger partial charge is 0.315 e. The van der Waals surface area contributed by atoms with Gasteiger partial charge in [0, 0.05) is 12.0 Å². The summed E-state index contributed by atoms with van der Waals surface area (Å²) in [5.74, 6) is 1.16. The third-order valence-electron chi connectivity index (χ3n) is 8.38. The topological polar surface area (TPSA) is 100 Å². The molecule has 0 spiro atoms. The summed E-state index contributed by atoms with van der Waals surface area (Å²) in [4.78, 5) is 26.9. The van der Waals surface area contributed by atoms with Gasteiger partial charge in [0.1, 0.15) is 17.6 Å². The molecule has 7 rings (SSSR count). The lowest BCUT2D eigenvalue weighted by Gasteiger charge is -2.24. The minimum atomic E-state index is -0.780. The lowest BCUT2D eigenvalue weighted by Crippen LogP contribution is -2.36. The molecule has 0 unspecified atom stereocenters. The molecule has 3 heterocycles. The number of rotatable bonds is 7. The summed E-state index contributed by atoms with van der Waals surface area (Å²) in [6, 6.07) is 0.269. The predicted molar refractivity (Wildman–Crippen MR) is 123 cm³/mol. The fourth-order valence-electron chi connectivity index (χ4n) is 6.59. The van der Waals surface area contributed by atoms with Crippen LogP contribution in [0.5, 0.6) is 0 Å². The standard InChI is InChI=1S/C24H30ClN5O4/c1-4-32-21(31)24-9-13(24)16(17-18(24)34-23(2,3)33-17)30-10-26-15-19(28-22(25)29-20(15)30)27-14(11-5-6-11)12-7-8-12/h10-14,16-18H,4-9H2,1-3H3,(H,27,28,29)/t13-,16-,17+,18+,24+/m1/s1. The molecule has 34 heavy (non-hydrogen) atoms. The monoisotopic (exact) mass is 487 g/mol. The van der Waals surface area contributed by atoms with Crippen molar-refractivity contribution in [2.45, 2.75) is 83.0 Å². The van der Waals surface area contributed by atoms with Gasteiger partial charge in [0.2, 0.25) is 5.28 Å². The van der Waals surface area contributed by atoms with E-state index in [1.54, 1.807) is 6.33 Å². The van der Waals surface area contributed by atoms with Crippen LogP contribution in [0.15, 0.2) is 6.33 Å².